The Morgan fingerprint density at radius 2 is 2.00 bits per heavy atom. The van der Waals surface area contributed by atoms with Crippen LogP contribution in [0.15, 0.2) is 24.3 Å². The highest BCUT2D eigenvalue weighted by molar-refractivity contribution is 5.80. The van der Waals surface area contributed by atoms with Crippen molar-refractivity contribution >= 4 is 5.91 Å². The second-order valence-electron chi connectivity index (χ2n) is 7.77. The van der Waals surface area contributed by atoms with E-state index in [1.807, 2.05) is 31.2 Å². The lowest BCUT2D eigenvalue weighted by atomic mass is 10.00. The van der Waals surface area contributed by atoms with Crippen molar-refractivity contribution in [2.45, 2.75) is 65.4 Å². The molecule has 0 aromatic heterocycles. The summed E-state index contributed by atoms with van der Waals surface area (Å²) in [7, 11) is 0. The van der Waals surface area contributed by atoms with Gasteiger partial charge in [-0.1, -0.05) is 12.1 Å². The molecule has 1 heterocycles. The second-order valence-corrected chi connectivity index (χ2v) is 7.77. The second kappa shape index (κ2) is 8.19. The van der Waals surface area contributed by atoms with Gasteiger partial charge in [-0.05, 0) is 59.2 Å². The number of benzene rings is 1. The van der Waals surface area contributed by atoms with E-state index in [0.29, 0.717) is 6.54 Å². The molecule has 1 fully saturated rings. The molecule has 1 aromatic rings. The molecule has 1 N–H and O–H groups in total. The molecule has 1 aromatic carbocycles. The zero-order valence-electron chi connectivity index (χ0n) is 16.3. The average Bonchev–Trinajstić information content (AvgIpc) is 2.51. The van der Waals surface area contributed by atoms with Crippen molar-refractivity contribution in [3.8, 4) is 5.75 Å². The Kier molecular flexibility index (Phi) is 6.47. The summed E-state index contributed by atoms with van der Waals surface area (Å²) in [6, 6.07) is 7.74. The van der Waals surface area contributed by atoms with Gasteiger partial charge >= 0.3 is 0 Å². The van der Waals surface area contributed by atoms with Crippen LogP contribution in [0.2, 0.25) is 0 Å². The SMILES string of the molecule is Cc1cccc(OC(C)C(=O)NCC(C)(C)N2CC(C)OC(C)C2)c1. The fourth-order valence-electron chi connectivity index (χ4n) is 3.18. The molecule has 25 heavy (non-hydrogen) atoms. The van der Waals surface area contributed by atoms with Gasteiger partial charge in [0.2, 0.25) is 0 Å². The Balaban J connectivity index is 1.87. The van der Waals surface area contributed by atoms with Crippen LogP contribution in [0.3, 0.4) is 0 Å². The summed E-state index contributed by atoms with van der Waals surface area (Å²) in [5, 5.41) is 3.04. The standard InChI is InChI=1S/C20H32N2O3/c1-14-8-7-9-18(10-14)25-17(4)19(23)21-13-20(5,6)22-11-15(2)24-16(3)12-22/h7-10,15-17H,11-13H2,1-6H3,(H,21,23). The lowest BCUT2D eigenvalue weighted by Crippen LogP contribution is -2.59. The van der Waals surface area contributed by atoms with Crippen molar-refractivity contribution in [2.75, 3.05) is 19.6 Å². The van der Waals surface area contributed by atoms with Crippen LogP contribution < -0.4 is 10.1 Å². The van der Waals surface area contributed by atoms with E-state index in [4.69, 9.17) is 9.47 Å². The molecule has 3 atom stereocenters. The summed E-state index contributed by atoms with van der Waals surface area (Å²) in [6.45, 7) is 14.6. The van der Waals surface area contributed by atoms with E-state index in [9.17, 15) is 4.79 Å². The Morgan fingerprint density at radius 3 is 2.60 bits per heavy atom. The third kappa shape index (κ3) is 5.72. The number of carbonyl (C=O) groups excluding carboxylic acids is 1. The minimum absolute atomic E-state index is 0.0936. The molecule has 1 saturated heterocycles. The number of hydrogen-bond donors (Lipinski definition) is 1. The van der Waals surface area contributed by atoms with Gasteiger partial charge in [0.15, 0.2) is 6.10 Å². The highest BCUT2D eigenvalue weighted by Crippen LogP contribution is 2.21. The van der Waals surface area contributed by atoms with Crippen LogP contribution in [0.4, 0.5) is 0 Å². The number of hydrogen-bond acceptors (Lipinski definition) is 4. The van der Waals surface area contributed by atoms with Gasteiger partial charge in [0.25, 0.3) is 5.91 Å². The van der Waals surface area contributed by atoms with E-state index in [-0.39, 0.29) is 23.7 Å². The summed E-state index contributed by atoms with van der Waals surface area (Å²) >= 11 is 0. The van der Waals surface area contributed by atoms with Crippen LogP contribution in [-0.4, -0.2) is 54.3 Å². The van der Waals surface area contributed by atoms with E-state index in [1.54, 1.807) is 6.92 Å². The van der Waals surface area contributed by atoms with Crippen molar-refractivity contribution in [3.63, 3.8) is 0 Å². The molecule has 140 valence electrons. The Hall–Kier alpha value is -1.59. The number of aryl methyl sites for hydroxylation is 1. The van der Waals surface area contributed by atoms with Crippen molar-refractivity contribution in [1.82, 2.24) is 10.2 Å². The van der Waals surface area contributed by atoms with Crippen molar-refractivity contribution in [1.29, 1.82) is 0 Å². The third-order valence-corrected chi connectivity index (χ3v) is 4.64. The maximum absolute atomic E-state index is 12.4. The van der Waals surface area contributed by atoms with Gasteiger partial charge < -0.3 is 14.8 Å². The average molecular weight is 348 g/mol. The van der Waals surface area contributed by atoms with Gasteiger partial charge in [0.1, 0.15) is 5.75 Å². The molecule has 0 saturated carbocycles. The number of amides is 1. The Bertz CT molecular complexity index is 578. The fourth-order valence-corrected chi connectivity index (χ4v) is 3.18. The molecule has 1 aliphatic heterocycles. The first-order valence-electron chi connectivity index (χ1n) is 9.09. The van der Waals surface area contributed by atoms with Crippen molar-refractivity contribution in [3.05, 3.63) is 29.8 Å². The third-order valence-electron chi connectivity index (χ3n) is 4.64. The highest BCUT2D eigenvalue weighted by Gasteiger charge is 2.33. The first-order chi connectivity index (χ1) is 11.7. The quantitative estimate of drug-likeness (QED) is 0.859. The normalized spacial score (nSPS) is 23.1. The lowest BCUT2D eigenvalue weighted by Gasteiger charge is -2.45. The van der Waals surface area contributed by atoms with E-state index in [1.165, 1.54) is 0 Å². The molecule has 3 unspecified atom stereocenters. The number of rotatable bonds is 6. The number of carbonyl (C=O) groups is 1. The topological polar surface area (TPSA) is 50.8 Å². The molecule has 0 bridgehead atoms. The first-order valence-corrected chi connectivity index (χ1v) is 9.09. The van der Waals surface area contributed by atoms with E-state index < -0.39 is 6.10 Å². The molecule has 5 heteroatoms. The van der Waals surface area contributed by atoms with E-state index in [2.05, 4.69) is 37.9 Å². The van der Waals surface area contributed by atoms with E-state index in [0.717, 1.165) is 24.4 Å². The van der Waals surface area contributed by atoms with Gasteiger partial charge in [-0.2, -0.15) is 0 Å². The number of morpholine rings is 1. The Labute approximate surface area is 151 Å². The maximum Gasteiger partial charge on any atom is 0.260 e. The van der Waals surface area contributed by atoms with Crippen LogP contribution in [-0.2, 0) is 9.53 Å². The predicted molar refractivity (Wildman–Crippen MR) is 99.9 cm³/mol. The number of nitrogens with one attached hydrogen (secondary N) is 1. The molecule has 0 radical (unpaired) electrons. The largest absolute Gasteiger partial charge is 0.481 e. The van der Waals surface area contributed by atoms with Gasteiger partial charge in [0, 0.05) is 25.2 Å². The zero-order chi connectivity index (χ0) is 18.6. The minimum atomic E-state index is -0.528. The number of nitrogens with zero attached hydrogens (tertiary/aromatic N) is 1. The highest BCUT2D eigenvalue weighted by atomic mass is 16.5. The molecule has 0 spiro atoms. The first kappa shape index (κ1) is 19.7. The van der Waals surface area contributed by atoms with Gasteiger partial charge in [-0.15, -0.1) is 0 Å². The van der Waals surface area contributed by atoms with Crippen LogP contribution in [0.25, 0.3) is 0 Å². The van der Waals surface area contributed by atoms with Crippen LogP contribution in [0.5, 0.6) is 5.75 Å². The van der Waals surface area contributed by atoms with Gasteiger partial charge in [-0.25, -0.2) is 0 Å². The molecular formula is C20H32N2O3. The van der Waals surface area contributed by atoms with Crippen molar-refractivity contribution in [2.24, 2.45) is 0 Å². The maximum atomic E-state index is 12.4. The summed E-state index contributed by atoms with van der Waals surface area (Å²) in [6.07, 6.45) is -0.107. The molecule has 1 amide bonds. The van der Waals surface area contributed by atoms with E-state index >= 15 is 0 Å². The summed E-state index contributed by atoms with van der Waals surface area (Å²) in [5.41, 5.74) is 0.979. The smallest absolute Gasteiger partial charge is 0.260 e. The molecular weight excluding hydrogens is 316 g/mol. The van der Waals surface area contributed by atoms with Crippen LogP contribution in [0.1, 0.15) is 40.2 Å². The summed E-state index contributed by atoms with van der Waals surface area (Å²) in [5.74, 6) is 0.627. The monoisotopic (exact) mass is 348 g/mol. The van der Waals surface area contributed by atoms with Crippen LogP contribution in [0, 0.1) is 6.92 Å². The lowest BCUT2D eigenvalue weighted by molar-refractivity contribution is -0.128. The molecule has 5 nitrogen and oxygen atoms in total. The van der Waals surface area contributed by atoms with Crippen LogP contribution >= 0.6 is 0 Å². The Morgan fingerprint density at radius 1 is 1.36 bits per heavy atom. The number of ether oxygens (including phenoxy) is 2. The molecule has 2 rings (SSSR count). The molecule has 0 aliphatic carbocycles. The van der Waals surface area contributed by atoms with Gasteiger partial charge in [0.05, 0.1) is 12.2 Å². The van der Waals surface area contributed by atoms with Gasteiger partial charge in [-0.3, -0.25) is 9.69 Å². The summed E-state index contributed by atoms with van der Waals surface area (Å²) < 4.78 is 11.6. The summed E-state index contributed by atoms with van der Waals surface area (Å²) in [4.78, 5) is 14.8. The fraction of sp³-hybridized carbons (Fsp3) is 0.650. The molecule has 1 aliphatic rings. The van der Waals surface area contributed by atoms with Crippen molar-refractivity contribution < 1.29 is 14.3 Å². The zero-order valence-corrected chi connectivity index (χ0v) is 16.3. The predicted octanol–water partition coefficient (Wildman–Crippen LogP) is 2.77. The minimum Gasteiger partial charge on any atom is -0.481 e.